The molecule has 0 aliphatic carbocycles. The molecular formula is C21H25N5O2. The molecule has 1 amide bonds. The van der Waals surface area contributed by atoms with Crippen LogP contribution in [0.15, 0.2) is 47.9 Å². The number of piperazine rings is 1. The van der Waals surface area contributed by atoms with E-state index in [0.717, 1.165) is 54.4 Å². The number of rotatable bonds is 4. The predicted molar refractivity (Wildman–Crippen MR) is 110 cm³/mol. The van der Waals surface area contributed by atoms with Crippen LogP contribution in [-0.4, -0.2) is 60.8 Å². The molecule has 2 aliphatic rings. The molecule has 28 heavy (non-hydrogen) atoms. The Bertz CT molecular complexity index is 876. The second-order valence-electron chi connectivity index (χ2n) is 7.41. The lowest BCUT2D eigenvalue weighted by Crippen LogP contribution is -2.44. The van der Waals surface area contributed by atoms with Gasteiger partial charge < -0.3 is 20.0 Å². The Kier molecular flexibility index (Phi) is 5.25. The first kappa shape index (κ1) is 18.4. The van der Waals surface area contributed by atoms with E-state index in [9.17, 15) is 4.79 Å². The molecule has 1 aromatic carbocycles. The number of aromatic nitrogens is 1. The Balaban J connectivity index is 1.41. The van der Waals surface area contributed by atoms with Crippen LogP contribution >= 0.6 is 0 Å². The van der Waals surface area contributed by atoms with Crippen molar-refractivity contribution in [3.63, 3.8) is 0 Å². The summed E-state index contributed by atoms with van der Waals surface area (Å²) < 4.78 is 0. The molecule has 1 aromatic heterocycles. The minimum atomic E-state index is -0.622. The molecule has 2 aliphatic heterocycles. The number of anilines is 2. The van der Waals surface area contributed by atoms with E-state index in [0.29, 0.717) is 6.42 Å². The van der Waals surface area contributed by atoms with Gasteiger partial charge in [-0.05, 0) is 49.9 Å². The lowest BCUT2D eigenvalue weighted by atomic mass is 10.1. The van der Waals surface area contributed by atoms with Gasteiger partial charge in [0.2, 0.25) is 6.10 Å². The molecule has 0 spiro atoms. The van der Waals surface area contributed by atoms with Crippen molar-refractivity contribution in [1.82, 2.24) is 9.88 Å². The van der Waals surface area contributed by atoms with Crippen molar-refractivity contribution in [2.24, 2.45) is 5.16 Å². The molecule has 1 fully saturated rings. The number of nitrogens with zero attached hydrogens (tertiary/aromatic N) is 4. The number of hydrogen-bond donors (Lipinski definition) is 1. The first-order valence-electron chi connectivity index (χ1n) is 9.57. The second-order valence-corrected chi connectivity index (χ2v) is 7.41. The highest BCUT2D eigenvalue weighted by Crippen LogP contribution is 2.24. The standard InChI is InChI=1S/C21H25N5O2/c1-15-10-17(12-18(11-15)26-8-6-25(2)7-9-26)23-21(27)20-13-19(24-28-20)16-4-3-5-22-14-16/h3-5,10-12,14,20H,6-9,13H2,1-2H3,(H,23,27)/t20-/m0/s1. The van der Waals surface area contributed by atoms with Crippen molar-refractivity contribution < 1.29 is 9.63 Å². The van der Waals surface area contributed by atoms with Crippen LogP contribution in [-0.2, 0) is 9.63 Å². The summed E-state index contributed by atoms with van der Waals surface area (Å²) in [5.41, 5.74) is 4.67. The molecule has 1 saturated heterocycles. The molecule has 3 heterocycles. The van der Waals surface area contributed by atoms with E-state index in [1.54, 1.807) is 12.4 Å². The van der Waals surface area contributed by atoms with Crippen LogP contribution in [0, 0.1) is 6.92 Å². The molecule has 0 bridgehead atoms. The number of likely N-dealkylation sites (N-methyl/N-ethyl adjacent to an activating group) is 1. The van der Waals surface area contributed by atoms with Gasteiger partial charge in [-0.3, -0.25) is 9.78 Å². The van der Waals surface area contributed by atoms with E-state index < -0.39 is 6.10 Å². The molecular weight excluding hydrogens is 354 g/mol. The first-order chi connectivity index (χ1) is 13.6. The number of nitrogens with one attached hydrogen (secondary N) is 1. The molecule has 4 rings (SSSR count). The molecule has 1 atom stereocenters. The fraction of sp³-hybridized carbons (Fsp3) is 0.381. The van der Waals surface area contributed by atoms with Crippen LogP contribution in [0.2, 0.25) is 0 Å². The molecule has 0 saturated carbocycles. The van der Waals surface area contributed by atoms with E-state index in [2.05, 4.69) is 38.4 Å². The number of hydrogen-bond acceptors (Lipinski definition) is 6. The van der Waals surface area contributed by atoms with E-state index >= 15 is 0 Å². The third kappa shape index (κ3) is 4.14. The lowest BCUT2D eigenvalue weighted by molar-refractivity contribution is -0.125. The number of carbonyl (C=O) groups excluding carboxylic acids is 1. The largest absolute Gasteiger partial charge is 0.382 e. The summed E-state index contributed by atoms with van der Waals surface area (Å²) in [6.45, 7) is 6.10. The molecule has 7 nitrogen and oxygen atoms in total. The van der Waals surface area contributed by atoms with Crippen LogP contribution in [0.3, 0.4) is 0 Å². The van der Waals surface area contributed by atoms with Gasteiger partial charge in [-0.1, -0.05) is 5.16 Å². The fourth-order valence-corrected chi connectivity index (χ4v) is 3.53. The number of oxime groups is 1. The molecule has 7 heteroatoms. The summed E-state index contributed by atoms with van der Waals surface area (Å²) in [6, 6.07) is 9.94. The van der Waals surface area contributed by atoms with Gasteiger partial charge in [-0.25, -0.2) is 0 Å². The SMILES string of the molecule is Cc1cc(NC(=O)[C@@H]2CC(c3cccnc3)=NO2)cc(N2CCN(C)CC2)c1. The quantitative estimate of drug-likeness (QED) is 0.883. The summed E-state index contributed by atoms with van der Waals surface area (Å²) >= 11 is 0. The van der Waals surface area contributed by atoms with E-state index in [1.165, 1.54) is 0 Å². The van der Waals surface area contributed by atoms with Crippen LogP contribution in [0.5, 0.6) is 0 Å². The number of carbonyl (C=O) groups is 1. The smallest absolute Gasteiger partial charge is 0.268 e. The number of benzene rings is 1. The maximum atomic E-state index is 12.7. The number of pyridine rings is 1. The number of amides is 1. The van der Waals surface area contributed by atoms with E-state index in [1.807, 2.05) is 31.2 Å². The Labute approximate surface area is 165 Å². The average molecular weight is 379 g/mol. The van der Waals surface area contributed by atoms with Crippen molar-refractivity contribution in [2.45, 2.75) is 19.4 Å². The lowest BCUT2D eigenvalue weighted by Gasteiger charge is -2.34. The van der Waals surface area contributed by atoms with Crippen LogP contribution in [0.1, 0.15) is 17.5 Å². The summed E-state index contributed by atoms with van der Waals surface area (Å²) in [5.74, 6) is -0.183. The van der Waals surface area contributed by atoms with Crippen molar-refractivity contribution in [3.8, 4) is 0 Å². The van der Waals surface area contributed by atoms with Gasteiger partial charge in [0.05, 0.1) is 5.71 Å². The summed E-state index contributed by atoms with van der Waals surface area (Å²) in [6.07, 6.45) is 3.25. The zero-order valence-corrected chi connectivity index (χ0v) is 16.3. The third-order valence-corrected chi connectivity index (χ3v) is 5.15. The van der Waals surface area contributed by atoms with Crippen molar-refractivity contribution in [3.05, 3.63) is 53.9 Å². The maximum absolute atomic E-state index is 12.7. The Morgan fingerprint density at radius 3 is 2.79 bits per heavy atom. The summed E-state index contributed by atoms with van der Waals surface area (Å²) in [4.78, 5) is 26.8. The van der Waals surface area contributed by atoms with E-state index in [-0.39, 0.29) is 5.91 Å². The van der Waals surface area contributed by atoms with Gasteiger partial charge in [0, 0.05) is 61.9 Å². The first-order valence-corrected chi connectivity index (χ1v) is 9.57. The highest BCUT2D eigenvalue weighted by Gasteiger charge is 2.29. The van der Waals surface area contributed by atoms with Gasteiger partial charge in [-0.2, -0.15) is 0 Å². The van der Waals surface area contributed by atoms with Gasteiger partial charge in [0.25, 0.3) is 5.91 Å². The minimum Gasteiger partial charge on any atom is -0.382 e. The molecule has 0 unspecified atom stereocenters. The van der Waals surface area contributed by atoms with Crippen molar-refractivity contribution >= 4 is 23.0 Å². The zero-order valence-electron chi connectivity index (χ0n) is 16.3. The third-order valence-electron chi connectivity index (χ3n) is 5.15. The average Bonchev–Trinajstić information content (AvgIpc) is 3.19. The van der Waals surface area contributed by atoms with Gasteiger partial charge in [0.15, 0.2) is 0 Å². The molecule has 146 valence electrons. The van der Waals surface area contributed by atoms with Crippen LogP contribution in [0.4, 0.5) is 11.4 Å². The zero-order chi connectivity index (χ0) is 19.5. The van der Waals surface area contributed by atoms with E-state index in [4.69, 9.17) is 4.84 Å². The fourth-order valence-electron chi connectivity index (χ4n) is 3.53. The summed E-state index contributed by atoms with van der Waals surface area (Å²) in [5, 5.41) is 7.06. The highest BCUT2D eigenvalue weighted by molar-refractivity contribution is 6.06. The van der Waals surface area contributed by atoms with Gasteiger partial charge in [0.1, 0.15) is 0 Å². The monoisotopic (exact) mass is 379 g/mol. The highest BCUT2D eigenvalue weighted by atomic mass is 16.6. The predicted octanol–water partition coefficient (Wildman–Crippen LogP) is 2.27. The normalized spacial score (nSPS) is 19.9. The number of aryl methyl sites for hydroxylation is 1. The van der Waals surface area contributed by atoms with Crippen LogP contribution in [0.25, 0.3) is 0 Å². The summed E-state index contributed by atoms with van der Waals surface area (Å²) in [7, 11) is 2.14. The minimum absolute atomic E-state index is 0.183. The molecule has 1 N–H and O–H groups in total. The Morgan fingerprint density at radius 1 is 1.21 bits per heavy atom. The Hall–Kier alpha value is -2.93. The second kappa shape index (κ2) is 7.98. The van der Waals surface area contributed by atoms with Gasteiger partial charge >= 0.3 is 0 Å². The topological polar surface area (TPSA) is 70.1 Å². The van der Waals surface area contributed by atoms with Crippen molar-refractivity contribution in [1.29, 1.82) is 0 Å². The molecule has 2 aromatic rings. The Morgan fingerprint density at radius 2 is 2.04 bits per heavy atom. The molecule has 0 radical (unpaired) electrons. The van der Waals surface area contributed by atoms with Crippen molar-refractivity contribution in [2.75, 3.05) is 43.4 Å². The van der Waals surface area contributed by atoms with Crippen LogP contribution < -0.4 is 10.2 Å². The van der Waals surface area contributed by atoms with Gasteiger partial charge in [-0.15, -0.1) is 0 Å². The maximum Gasteiger partial charge on any atom is 0.268 e.